The third kappa shape index (κ3) is 2.70. The smallest absolute Gasteiger partial charge is 0.343 e. The van der Waals surface area contributed by atoms with Gasteiger partial charge in [0.2, 0.25) is 0 Å². The van der Waals surface area contributed by atoms with E-state index in [1.807, 2.05) is 0 Å². The van der Waals surface area contributed by atoms with Crippen molar-refractivity contribution in [2.45, 2.75) is 43.0 Å². The first-order chi connectivity index (χ1) is 8.63. The lowest BCUT2D eigenvalue weighted by atomic mass is 10.0. The average molecular weight is 275 g/mol. The molecule has 18 heavy (non-hydrogen) atoms. The summed E-state index contributed by atoms with van der Waals surface area (Å²) < 4.78 is 0. The van der Waals surface area contributed by atoms with Gasteiger partial charge in [0.25, 0.3) is 0 Å². The summed E-state index contributed by atoms with van der Waals surface area (Å²) in [4.78, 5) is 26.5. The van der Waals surface area contributed by atoms with Crippen molar-refractivity contribution in [3.63, 3.8) is 0 Å². The summed E-state index contributed by atoms with van der Waals surface area (Å²) in [5, 5.41) is 12.8. The Bertz CT molecular complexity index is 341. The predicted molar refractivity (Wildman–Crippen MR) is 65.6 cm³/mol. The number of carboxylic acids is 1. The van der Waals surface area contributed by atoms with Gasteiger partial charge in [-0.2, -0.15) is 27.7 Å². The van der Waals surface area contributed by atoms with Crippen LogP contribution in [-0.4, -0.2) is 45.3 Å². The molecule has 0 bridgehead atoms. The van der Waals surface area contributed by atoms with Gasteiger partial charge in [-0.15, -0.1) is 0 Å². The fourth-order valence-corrected chi connectivity index (χ4v) is 4.04. The highest BCUT2D eigenvalue weighted by Gasteiger charge is 2.49. The van der Waals surface area contributed by atoms with Gasteiger partial charge in [0.1, 0.15) is 0 Å². The molecule has 0 aromatic rings. The van der Waals surface area contributed by atoms with E-state index in [9.17, 15) is 9.59 Å². The monoisotopic (exact) mass is 275 g/mol. The maximum absolute atomic E-state index is 11.5. The number of fused-ring (bicyclic) bond motifs is 1. The van der Waals surface area contributed by atoms with Gasteiger partial charge in [-0.1, -0.05) is 6.42 Å². The number of aliphatic carboxylic acids is 1. The Balaban J connectivity index is 1.83. The molecular formula is C10H17N3O4S. The van der Waals surface area contributed by atoms with E-state index in [2.05, 4.69) is 10.3 Å². The molecule has 8 heteroatoms. The van der Waals surface area contributed by atoms with E-state index >= 15 is 0 Å². The normalized spacial score (nSPS) is 30.4. The van der Waals surface area contributed by atoms with Crippen molar-refractivity contribution < 1.29 is 19.6 Å². The van der Waals surface area contributed by atoms with E-state index in [0.29, 0.717) is 6.42 Å². The second-order valence-corrected chi connectivity index (χ2v) is 5.76. The third-order valence-corrected chi connectivity index (χ3v) is 4.80. The molecule has 2 aliphatic rings. The molecule has 2 saturated heterocycles. The van der Waals surface area contributed by atoms with Crippen LogP contribution in [0.25, 0.3) is 0 Å². The standard InChI is InChI=1S/C10H17N3O4S/c11-17-13-9-6(12-10(13)16)5-18-7(9)3-1-2-4-8(14)15/h6-7,9H,1-5,11H2,(H,12,16)(H,14,15)/t6-,7-,9-/m1/s1. The Kier molecular flexibility index (Phi) is 4.31. The molecule has 0 aromatic carbocycles. The fourth-order valence-electron chi connectivity index (χ4n) is 2.48. The molecule has 102 valence electrons. The van der Waals surface area contributed by atoms with Gasteiger partial charge in [-0.05, 0) is 12.8 Å². The van der Waals surface area contributed by atoms with Crippen molar-refractivity contribution in [2.75, 3.05) is 5.75 Å². The SMILES string of the molecule is NON1C(=O)N[C@@H]2CS[C@H](CCCCC(=O)O)[C@@H]21. The average Bonchev–Trinajstić information content (AvgIpc) is 2.82. The molecule has 0 unspecified atom stereocenters. The van der Waals surface area contributed by atoms with E-state index in [1.165, 1.54) is 5.06 Å². The molecule has 2 rings (SSSR count). The number of nitrogens with zero attached hydrogens (tertiary/aromatic N) is 1. The Hall–Kier alpha value is -0.990. The highest BCUT2D eigenvalue weighted by atomic mass is 32.2. The topological polar surface area (TPSA) is 105 Å². The number of urea groups is 1. The van der Waals surface area contributed by atoms with E-state index in [1.54, 1.807) is 11.8 Å². The summed E-state index contributed by atoms with van der Waals surface area (Å²) >= 11 is 1.78. The molecule has 0 aromatic heterocycles. The van der Waals surface area contributed by atoms with Gasteiger partial charge in [-0.3, -0.25) is 4.79 Å². The predicted octanol–water partition coefficient (Wildman–Crippen LogP) is 0.314. The van der Waals surface area contributed by atoms with Gasteiger partial charge in [0.15, 0.2) is 0 Å². The first kappa shape index (κ1) is 13.4. The van der Waals surface area contributed by atoms with Crippen LogP contribution in [0.4, 0.5) is 4.79 Å². The van der Waals surface area contributed by atoms with Crippen molar-refractivity contribution in [2.24, 2.45) is 5.90 Å². The molecule has 0 spiro atoms. The van der Waals surface area contributed by atoms with Crippen LogP contribution in [0, 0.1) is 0 Å². The molecule has 2 aliphatic heterocycles. The van der Waals surface area contributed by atoms with Crippen LogP contribution in [0.1, 0.15) is 25.7 Å². The van der Waals surface area contributed by atoms with Gasteiger partial charge >= 0.3 is 12.0 Å². The van der Waals surface area contributed by atoms with Crippen LogP contribution in [0.3, 0.4) is 0 Å². The molecule has 2 amide bonds. The quantitative estimate of drug-likeness (QED) is 0.366. The molecule has 0 radical (unpaired) electrons. The number of rotatable bonds is 6. The summed E-state index contributed by atoms with van der Waals surface area (Å²) in [7, 11) is 0. The molecular weight excluding hydrogens is 258 g/mol. The van der Waals surface area contributed by atoms with Gasteiger partial charge in [-0.25, -0.2) is 4.79 Å². The zero-order valence-electron chi connectivity index (χ0n) is 9.87. The van der Waals surface area contributed by atoms with Crippen LogP contribution >= 0.6 is 11.8 Å². The van der Waals surface area contributed by atoms with E-state index in [0.717, 1.165) is 18.6 Å². The number of hydrogen-bond donors (Lipinski definition) is 3. The van der Waals surface area contributed by atoms with Crippen LogP contribution in [0.15, 0.2) is 0 Å². The van der Waals surface area contributed by atoms with E-state index < -0.39 is 5.97 Å². The molecule has 0 aliphatic carbocycles. The van der Waals surface area contributed by atoms with Crippen molar-refractivity contribution in [1.29, 1.82) is 0 Å². The minimum Gasteiger partial charge on any atom is -0.481 e. The summed E-state index contributed by atoms with van der Waals surface area (Å²) in [6.07, 6.45) is 2.56. The number of carboxylic acid groups (broad SMARTS) is 1. The lowest BCUT2D eigenvalue weighted by Gasteiger charge is -2.23. The van der Waals surface area contributed by atoms with Crippen LogP contribution < -0.4 is 11.2 Å². The lowest BCUT2D eigenvalue weighted by molar-refractivity contribution is -0.137. The minimum atomic E-state index is -0.767. The largest absolute Gasteiger partial charge is 0.481 e. The van der Waals surface area contributed by atoms with Gasteiger partial charge < -0.3 is 10.4 Å². The first-order valence-corrected chi connectivity index (χ1v) is 6.98. The summed E-state index contributed by atoms with van der Waals surface area (Å²) in [5.74, 6) is 5.20. The highest BCUT2D eigenvalue weighted by Crippen LogP contribution is 2.37. The Morgan fingerprint density at radius 1 is 1.61 bits per heavy atom. The molecule has 7 nitrogen and oxygen atoms in total. The highest BCUT2D eigenvalue weighted by molar-refractivity contribution is 8.00. The van der Waals surface area contributed by atoms with Crippen LogP contribution in [0.5, 0.6) is 0 Å². The Morgan fingerprint density at radius 2 is 2.39 bits per heavy atom. The second kappa shape index (κ2) is 5.77. The Labute approximate surface area is 109 Å². The van der Waals surface area contributed by atoms with Crippen molar-refractivity contribution in [1.82, 2.24) is 10.4 Å². The van der Waals surface area contributed by atoms with E-state index in [-0.39, 0.29) is 29.8 Å². The molecule has 4 N–H and O–H groups in total. The maximum Gasteiger partial charge on any atom is 0.343 e. The molecule has 3 atom stereocenters. The van der Waals surface area contributed by atoms with Crippen molar-refractivity contribution >= 4 is 23.8 Å². The minimum absolute atomic E-state index is 0.0441. The zero-order valence-corrected chi connectivity index (χ0v) is 10.7. The lowest BCUT2D eigenvalue weighted by Crippen LogP contribution is -2.42. The molecule has 2 fully saturated rings. The molecule has 0 saturated carbocycles. The number of nitrogens with two attached hydrogens (primary N) is 1. The van der Waals surface area contributed by atoms with Crippen LogP contribution in [0.2, 0.25) is 0 Å². The Morgan fingerprint density at radius 3 is 3.06 bits per heavy atom. The number of thioether (sulfide) groups is 1. The number of carbonyl (C=O) groups is 2. The zero-order chi connectivity index (χ0) is 13.1. The number of hydroxylamine groups is 2. The number of hydrogen-bond acceptors (Lipinski definition) is 5. The maximum atomic E-state index is 11.5. The summed E-state index contributed by atoms with van der Waals surface area (Å²) in [6.45, 7) is 0. The summed E-state index contributed by atoms with van der Waals surface area (Å²) in [5.41, 5.74) is 0. The van der Waals surface area contributed by atoms with Crippen molar-refractivity contribution in [3.05, 3.63) is 0 Å². The molecule has 2 heterocycles. The van der Waals surface area contributed by atoms with Crippen molar-refractivity contribution in [3.8, 4) is 0 Å². The second-order valence-electron chi connectivity index (χ2n) is 4.49. The summed E-state index contributed by atoms with van der Waals surface area (Å²) in [6, 6.07) is -0.254. The number of nitrogens with one attached hydrogen (secondary N) is 1. The first-order valence-electron chi connectivity index (χ1n) is 5.93. The fraction of sp³-hybridized carbons (Fsp3) is 0.800. The number of unbranched alkanes of at least 4 members (excludes halogenated alkanes) is 1. The van der Waals surface area contributed by atoms with E-state index in [4.69, 9.17) is 11.0 Å². The number of amides is 2. The van der Waals surface area contributed by atoms with Gasteiger partial charge in [0.05, 0.1) is 12.1 Å². The van der Waals surface area contributed by atoms with Crippen LogP contribution in [-0.2, 0) is 9.73 Å². The third-order valence-electron chi connectivity index (χ3n) is 3.31. The van der Waals surface area contributed by atoms with Gasteiger partial charge in [0, 0.05) is 17.4 Å². The number of carbonyl (C=O) groups excluding carboxylic acids is 1.